The van der Waals surface area contributed by atoms with E-state index in [4.69, 9.17) is 10.5 Å². The SMILES string of the molecule is CCOC(=O)C(N)(CN(C)C1CCC(C)CC1)C1CC1. The van der Waals surface area contributed by atoms with E-state index in [1.807, 2.05) is 6.92 Å². The van der Waals surface area contributed by atoms with Gasteiger partial charge in [0.15, 0.2) is 0 Å². The first kappa shape index (κ1) is 15.8. The quantitative estimate of drug-likeness (QED) is 0.759. The van der Waals surface area contributed by atoms with Crippen LogP contribution in [0.25, 0.3) is 0 Å². The van der Waals surface area contributed by atoms with Crippen LogP contribution in [-0.4, -0.2) is 42.6 Å². The molecule has 0 saturated heterocycles. The van der Waals surface area contributed by atoms with Crippen molar-refractivity contribution in [3.63, 3.8) is 0 Å². The number of hydrogen-bond donors (Lipinski definition) is 1. The summed E-state index contributed by atoms with van der Waals surface area (Å²) in [6.45, 7) is 5.22. The third-order valence-electron chi connectivity index (χ3n) is 5.08. The highest BCUT2D eigenvalue weighted by molar-refractivity contribution is 5.82. The predicted octanol–water partition coefficient (Wildman–Crippen LogP) is 2.17. The van der Waals surface area contributed by atoms with Crippen molar-refractivity contribution < 1.29 is 9.53 Å². The Morgan fingerprint density at radius 3 is 2.35 bits per heavy atom. The third-order valence-corrected chi connectivity index (χ3v) is 5.08. The van der Waals surface area contributed by atoms with Crippen LogP contribution in [0.1, 0.15) is 52.4 Å². The van der Waals surface area contributed by atoms with Gasteiger partial charge in [-0.3, -0.25) is 0 Å². The highest BCUT2D eigenvalue weighted by atomic mass is 16.5. The zero-order valence-corrected chi connectivity index (χ0v) is 13.2. The molecule has 2 saturated carbocycles. The lowest BCUT2D eigenvalue weighted by molar-refractivity contribution is -0.151. The predicted molar refractivity (Wildman–Crippen MR) is 80.3 cm³/mol. The van der Waals surface area contributed by atoms with Crippen molar-refractivity contribution in [1.29, 1.82) is 0 Å². The first-order valence-corrected chi connectivity index (χ1v) is 8.13. The van der Waals surface area contributed by atoms with Gasteiger partial charge in [-0.25, -0.2) is 4.79 Å². The van der Waals surface area contributed by atoms with E-state index < -0.39 is 5.54 Å². The van der Waals surface area contributed by atoms with Gasteiger partial charge >= 0.3 is 5.97 Å². The molecule has 2 rings (SSSR count). The number of carbonyl (C=O) groups excluding carboxylic acids is 1. The Labute approximate surface area is 123 Å². The summed E-state index contributed by atoms with van der Waals surface area (Å²) < 4.78 is 5.22. The number of nitrogens with zero attached hydrogens (tertiary/aromatic N) is 1. The summed E-state index contributed by atoms with van der Waals surface area (Å²) in [4.78, 5) is 14.5. The van der Waals surface area contributed by atoms with E-state index in [0.29, 0.717) is 25.1 Å². The van der Waals surface area contributed by atoms with Crippen molar-refractivity contribution in [1.82, 2.24) is 4.90 Å². The van der Waals surface area contributed by atoms with Crippen LogP contribution >= 0.6 is 0 Å². The van der Waals surface area contributed by atoms with Crippen LogP contribution in [0.3, 0.4) is 0 Å². The van der Waals surface area contributed by atoms with Gasteiger partial charge in [-0.1, -0.05) is 6.92 Å². The van der Waals surface area contributed by atoms with Crippen LogP contribution in [0.4, 0.5) is 0 Å². The summed E-state index contributed by atoms with van der Waals surface area (Å²) in [7, 11) is 2.11. The zero-order valence-electron chi connectivity index (χ0n) is 13.2. The average molecular weight is 282 g/mol. The van der Waals surface area contributed by atoms with Crippen LogP contribution in [0.2, 0.25) is 0 Å². The Morgan fingerprint density at radius 1 is 1.25 bits per heavy atom. The van der Waals surface area contributed by atoms with Crippen molar-refractivity contribution in [2.75, 3.05) is 20.2 Å². The molecule has 2 aliphatic rings. The number of hydrogen-bond acceptors (Lipinski definition) is 4. The van der Waals surface area contributed by atoms with E-state index in [9.17, 15) is 4.79 Å². The van der Waals surface area contributed by atoms with E-state index >= 15 is 0 Å². The van der Waals surface area contributed by atoms with Crippen molar-refractivity contribution in [2.45, 2.75) is 64.0 Å². The second-order valence-corrected chi connectivity index (χ2v) is 6.86. The van der Waals surface area contributed by atoms with Gasteiger partial charge in [0, 0.05) is 12.6 Å². The topological polar surface area (TPSA) is 55.6 Å². The average Bonchev–Trinajstić information content (AvgIpc) is 3.24. The number of ether oxygens (including phenoxy) is 1. The number of rotatable bonds is 6. The van der Waals surface area contributed by atoms with E-state index in [1.165, 1.54) is 25.7 Å². The van der Waals surface area contributed by atoms with Gasteiger partial charge in [0.1, 0.15) is 5.54 Å². The maximum atomic E-state index is 12.2. The zero-order chi connectivity index (χ0) is 14.8. The van der Waals surface area contributed by atoms with E-state index in [0.717, 1.165) is 18.8 Å². The molecule has 116 valence electrons. The highest BCUT2D eigenvalue weighted by Crippen LogP contribution is 2.40. The van der Waals surface area contributed by atoms with Crippen LogP contribution in [0.5, 0.6) is 0 Å². The van der Waals surface area contributed by atoms with Crippen LogP contribution < -0.4 is 5.73 Å². The maximum Gasteiger partial charge on any atom is 0.327 e. The van der Waals surface area contributed by atoms with E-state index in [1.54, 1.807) is 0 Å². The molecule has 2 aliphatic carbocycles. The minimum atomic E-state index is -0.798. The minimum Gasteiger partial charge on any atom is -0.465 e. The van der Waals surface area contributed by atoms with E-state index in [-0.39, 0.29) is 5.97 Å². The molecule has 4 heteroatoms. The first-order chi connectivity index (χ1) is 9.47. The van der Waals surface area contributed by atoms with Crippen molar-refractivity contribution in [3.05, 3.63) is 0 Å². The molecular formula is C16H30N2O2. The molecule has 0 amide bonds. The largest absolute Gasteiger partial charge is 0.465 e. The van der Waals surface area contributed by atoms with Crippen molar-refractivity contribution in [2.24, 2.45) is 17.6 Å². The minimum absolute atomic E-state index is 0.210. The molecule has 0 radical (unpaired) electrons. The number of nitrogens with two attached hydrogens (primary N) is 1. The van der Waals surface area contributed by atoms with Crippen molar-refractivity contribution in [3.8, 4) is 0 Å². The molecule has 0 aromatic rings. The molecular weight excluding hydrogens is 252 g/mol. The standard InChI is InChI=1S/C16H30N2O2/c1-4-20-15(19)16(17,13-7-8-13)11-18(3)14-9-5-12(2)6-10-14/h12-14H,4-11,17H2,1-3H3. The molecule has 0 aromatic heterocycles. The van der Waals surface area contributed by atoms with Crippen LogP contribution in [0, 0.1) is 11.8 Å². The lowest BCUT2D eigenvalue weighted by Gasteiger charge is -2.38. The van der Waals surface area contributed by atoms with Gasteiger partial charge in [0.25, 0.3) is 0 Å². The maximum absolute atomic E-state index is 12.2. The monoisotopic (exact) mass is 282 g/mol. The molecule has 0 aromatic carbocycles. The summed E-state index contributed by atoms with van der Waals surface area (Å²) in [5.74, 6) is 0.945. The molecule has 0 aliphatic heterocycles. The lowest BCUT2D eigenvalue weighted by atomic mass is 9.85. The van der Waals surface area contributed by atoms with Gasteiger partial charge in [-0.05, 0) is 64.3 Å². The summed E-state index contributed by atoms with van der Waals surface area (Å²) in [6, 6.07) is 0.572. The molecule has 0 heterocycles. The lowest BCUT2D eigenvalue weighted by Crippen LogP contribution is -2.59. The van der Waals surface area contributed by atoms with Gasteiger partial charge in [-0.2, -0.15) is 0 Å². The molecule has 4 nitrogen and oxygen atoms in total. The fraction of sp³-hybridized carbons (Fsp3) is 0.938. The second kappa shape index (κ2) is 6.44. The Kier molecular flexibility index (Phi) is 5.08. The van der Waals surface area contributed by atoms with Gasteiger partial charge in [-0.15, -0.1) is 0 Å². The second-order valence-electron chi connectivity index (χ2n) is 6.86. The highest BCUT2D eigenvalue weighted by Gasteiger charge is 2.50. The molecule has 2 fully saturated rings. The molecule has 0 spiro atoms. The van der Waals surface area contributed by atoms with Crippen LogP contribution in [-0.2, 0) is 9.53 Å². The Bertz CT molecular complexity index is 335. The summed E-state index contributed by atoms with van der Waals surface area (Å²) >= 11 is 0. The van der Waals surface area contributed by atoms with Crippen molar-refractivity contribution >= 4 is 5.97 Å². The fourth-order valence-electron chi connectivity index (χ4n) is 3.45. The molecule has 2 N–H and O–H groups in total. The third kappa shape index (κ3) is 3.53. The van der Waals surface area contributed by atoms with Gasteiger partial charge < -0.3 is 15.4 Å². The first-order valence-electron chi connectivity index (χ1n) is 8.13. The normalized spacial score (nSPS) is 30.1. The molecule has 20 heavy (non-hydrogen) atoms. The number of carbonyl (C=O) groups is 1. The van der Waals surface area contributed by atoms with E-state index in [2.05, 4.69) is 18.9 Å². The fourth-order valence-corrected chi connectivity index (χ4v) is 3.45. The number of esters is 1. The Morgan fingerprint density at radius 2 is 1.85 bits per heavy atom. The summed E-state index contributed by atoms with van der Waals surface area (Å²) in [6.07, 6.45) is 7.14. The molecule has 1 unspecified atom stereocenters. The Hall–Kier alpha value is -0.610. The molecule has 0 bridgehead atoms. The van der Waals surface area contributed by atoms with Gasteiger partial charge in [0.2, 0.25) is 0 Å². The summed E-state index contributed by atoms with van der Waals surface area (Å²) in [5.41, 5.74) is 5.65. The smallest absolute Gasteiger partial charge is 0.327 e. The Balaban J connectivity index is 1.95. The number of likely N-dealkylation sites (N-methyl/N-ethyl adjacent to an activating group) is 1. The summed E-state index contributed by atoms with van der Waals surface area (Å²) in [5, 5.41) is 0. The van der Waals surface area contributed by atoms with Gasteiger partial charge in [0.05, 0.1) is 6.61 Å². The molecule has 1 atom stereocenters. The van der Waals surface area contributed by atoms with Crippen LogP contribution in [0.15, 0.2) is 0 Å².